The van der Waals surface area contributed by atoms with Crippen LogP contribution in [0.2, 0.25) is 5.02 Å². The van der Waals surface area contributed by atoms with Gasteiger partial charge in [0.05, 0.1) is 25.0 Å². The van der Waals surface area contributed by atoms with Crippen molar-refractivity contribution in [1.82, 2.24) is 10.7 Å². The SMILES string of the molecule is COc1cccc(N(NC2=NCCN2)c2ccc(Cl)cc2)c1. The molecule has 0 saturated heterocycles. The minimum absolute atomic E-state index is 0.700. The maximum atomic E-state index is 5.99. The van der Waals surface area contributed by atoms with E-state index in [0.29, 0.717) is 5.02 Å². The number of benzene rings is 2. The molecule has 2 aromatic rings. The van der Waals surface area contributed by atoms with Gasteiger partial charge in [-0.3, -0.25) is 15.4 Å². The lowest BCUT2D eigenvalue weighted by molar-refractivity contribution is 0.415. The molecule has 0 spiro atoms. The zero-order chi connectivity index (χ0) is 15.4. The second kappa shape index (κ2) is 6.58. The van der Waals surface area contributed by atoms with Gasteiger partial charge in [-0.15, -0.1) is 0 Å². The molecule has 22 heavy (non-hydrogen) atoms. The van der Waals surface area contributed by atoms with E-state index in [0.717, 1.165) is 36.2 Å². The average Bonchev–Trinajstić information content (AvgIpc) is 3.07. The fourth-order valence-electron chi connectivity index (χ4n) is 2.20. The first-order chi connectivity index (χ1) is 10.8. The quantitative estimate of drug-likeness (QED) is 0.852. The number of hydrogen-bond donors (Lipinski definition) is 2. The van der Waals surface area contributed by atoms with Crippen LogP contribution in [0.1, 0.15) is 0 Å². The summed E-state index contributed by atoms with van der Waals surface area (Å²) in [5, 5.41) is 5.85. The number of halogens is 1. The molecule has 0 unspecified atom stereocenters. The van der Waals surface area contributed by atoms with Crippen molar-refractivity contribution in [3.63, 3.8) is 0 Å². The Hall–Kier alpha value is -2.40. The van der Waals surface area contributed by atoms with Gasteiger partial charge in [0.25, 0.3) is 0 Å². The Morgan fingerprint density at radius 1 is 1.18 bits per heavy atom. The number of hydrogen-bond acceptors (Lipinski definition) is 5. The van der Waals surface area contributed by atoms with Crippen LogP contribution in [0, 0.1) is 0 Å². The van der Waals surface area contributed by atoms with Gasteiger partial charge in [-0.2, -0.15) is 0 Å². The molecule has 2 aromatic carbocycles. The summed E-state index contributed by atoms with van der Waals surface area (Å²) in [6.07, 6.45) is 0. The van der Waals surface area contributed by atoms with E-state index in [1.165, 1.54) is 0 Å². The van der Waals surface area contributed by atoms with Crippen molar-refractivity contribution < 1.29 is 4.74 Å². The van der Waals surface area contributed by atoms with E-state index < -0.39 is 0 Å². The third-order valence-electron chi connectivity index (χ3n) is 3.29. The number of nitrogens with zero attached hydrogens (tertiary/aromatic N) is 2. The molecule has 0 atom stereocenters. The smallest absolute Gasteiger partial charge is 0.210 e. The van der Waals surface area contributed by atoms with Crippen molar-refractivity contribution in [3.05, 3.63) is 53.6 Å². The Balaban J connectivity index is 1.95. The fourth-order valence-corrected chi connectivity index (χ4v) is 2.32. The number of rotatable bonds is 4. The van der Waals surface area contributed by atoms with Crippen molar-refractivity contribution >= 4 is 28.9 Å². The highest BCUT2D eigenvalue weighted by atomic mass is 35.5. The third-order valence-corrected chi connectivity index (χ3v) is 3.54. The van der Waals surface area contributed by atoms with Gasteiger partial charge < -0.3 is 10.1 Å². The predicted molar refractivity (Wildman–Crippen MR) is 90.0 cm³/mol. The lowest BCUT2D eigenvalue weighted by Gasteiger charge is -2.26. The number of aliphatic imine (C=N–C) groups is 1. The van der Waals surface area contributed by atoms with Gasteiger partial charge in [0.1, 0.15) is 5.75 Å². The summed E-state index contributed by atoms with van der Waals surface area (Å²) in [6.45, 7) is 1.61. The van der Waals surface area contributed by atoms with Gasteiger partial charge >= 0.3 is 0 Å². The van der Waals surface area contributed by atoms with Gasteiger partial charge in [0.15, 0.2) is 0 Å². The molecule has 6 heteroatoms. The van der Waals surface area contributed by atoms with Crippen molar-refractivity contribution in [2.24, 2.45) is 4.99 Å². The molecular formula is C16H17ClN4O. The number of nitrogens with one attached hydrogen (secondary N) is 2. The molecule has 0 aromatic heterocycles. The minimum Gasteiger partial charge on any atom is -0.497 e. The number of guanidine groups is 1. The number of methoxy groups -OCH3 is 1. The van der Waals surface area contributed by atoms with Crippen molar-refractivity contribution in [3.8, 4) is 5.75 Å². The lowest BCUT2D eigenvalue weighted by Crippen LogP contribution is -2.44. The first-order valence-electron chi connectivity index (χ1n) is 7.01. The second-order valence-corrected chi connectivity index (χ2v) is 5.22. The summed E-state index contributed by atoms with van der Waals surface area (Å²) in [5.41, 5.74) is 5.19. The Morgan fingerprint density at radius 2 is 2.00 bits per heavy atom. The van der Waals surface area contributed by atoms with Crippen LogP contribution in [0.15, 0.2) is 53.5 Å². The molecule has 0 radical (unpaired) electrons. The van der Waals surface area contributed by atoms with Crippen LogP contribution in [0.25, 0.3) is 0 Å². The summed E-state index contributed by atoms with van der Waals surface area (Å²) >= 11 is 5.99. The average molecular weight is 317 g/mol. The van der Waals surface area contributed by atoms with E-state index in [9.17, 15) is 0 Å². The number of anilines is 2. The highest BCUT2D eigenvalue weighted by molar-refractivity contribution is 6.30. The summed E-state index contributed by atoms with van der Waals surface area (Å²) in [6, 6.07) is 15.4. The summed E-state index contributed by atoms with van der Waals surface area (Å²) in [7, 11) is 1.65. The van der Waals surface area contributed by atoms with Gasteiger partial charge in [-0.1, -0.05) is 17.7 Å². The highest BCUT2D eigenvalue weighted by Crippen LogP contribution is 2.27. The van der Waals surface area contributed by atoms with E-state index in [1.54, 1.807) is 7.11 Å². The molecule has 2 N–H and O–H groups in total. The van der Waals surface area contributed by atoms with Crippen LogP contribution in [0.3, 0.4) is 0 Å². The Bertz CT molecular complexity index is 672. The van der Waals surface area contributed by atoms with E-state index in [2.05, 4.69) is 15.7 Å². The van der Waals surface area contributed by atoms with Crippen molar-refractivity contribution in [1.29, 1.82) is 0 Å². The lowest BCUT2D eigenvalue weighted by atomic mass is 10.2. The largest absolute Gasteiger partial charge is 0.497 e. The van der Waals surface area contributed by atoms with E-state index in [-0.39, 0.29) is 0 Å². The van der Waals surface area contributed by atoms with Gasteiger partial charge in [-0.05, 0) is 36.4 Å². The van der Waals surface area contributed by atoms with Crippen LogP contribution in [0.4, 0.5) is 11.4 Å². The maximum Gasteiger partial charge on any atom is 0.210 e. The summed E-state index contributed by atoms with van der Waals surface area (Å²) in [4.78, 5) is 4.38. The molecule has 0 amide bonds. The Kier molecular flexibility index (Phi) is 4.34. The Morgan fingerprint density at radius 3 is 2.68 bits per heavy atom. The Labute approximate surface area is 134 Å². The molecule has 0 aliphatic carbocycles. The van der Waals surface area contributed by atoms with Crippen LogP contribution in [-0.2, 0) is 0 Å². The fraction of sp³-hybridized carbons (Fsp3) is 0.188. The zero-order valence-electron chi connectivity index (χ0n) is 12.2. The molecule has 114 valence electrons. The van der Waals surface area contributed by atoms with Crippen molar-refractivity contribution in [2.45, 2.75) is 0 Å². The predicted octanol–water partition coefficient (Wildman–Crippen LogP) is 2.95. The van der Waals surface area contributed by atoms with E-state index in [1.807, 2.05) is 53.5 Å². The second-order valence-electron chi connectivity index (χ2n) is 4.78. The van der Waals surface area contributed by atoms with Gasteiger partial charge in [-0.25, -0.2) is 0 Å². The third kappa shape index (κ3) is 3.26. The van der Waals surface area contributed by atoms with Crippen LogP contribution >= 0.6 is 11.6 Å². The summed E-state index contributed by atoms with van der Waals surface area (Å²) in [5.74, 6) is 1.54. The molecule has 5 nitrogen and oxygen atoms in total. The molecule has 0 bridgehead atoms. The van der Waals surface area contributed by atoms with Crippen molar-refractivity contribution in [2.75, 3.05) is 25.2 Å². The van der Waals surface area contributed by atoms with Crippen LogP contribution in [0.5, 0.6) is 5.75 Å². The van der Waals surface area contributed by atoms with E-state index in [4.69, 9.17) is 16.3 Å². The van der Waals surface area contributed by atoms with Crippen LogP contribution in [-0.4, -0.2) is 26.2 Å². The molecule has 0 fully saturated rings. The molecule has 1 aliphatic rings. The molecule has 3 rings (SSSR count). The minimum atomic E-state index is 0.700. The van der Waals surface area contributed by atoms with Gasteiger partial charge in [0, 0.05) is 17.6 Å². The topological polar surface area (TPSA) is 48.9 Å². The molecule has 1 aliphatic heterocycles. The maximum absolute atomic E-state index is 5.99. The number of hydrazine groups is 1. The summed E-state index contributed by atoms with van der Waals surface area (Å²) < 4.78 is 5.31. The zero-order valence-corrected chi connectivity index (χ0v) is 13.0. The monoisotopic (exact) mass is 316 g/mol. The normalized spacial score (nSPS) is 13.3. The first-order valence-corrected chi connectivity index (χ1v) is 7.39. The molecule has 1 heterocycles. The first kappa shape index (κ1) is 14.5. The standard InChI is InChI=1S/C16H17ClN4O/c1-22-15-4-2-3-14(11-15)21(20-16-18-9-10-19-16)13-7-5-12(17)6-8-13/h2-8,11H,9-10H2,1H3,(H2,18,19,20). The van der Waals surface area contributed by atoms with Crippen LogP contribution < -0.4 is 20.5 Å². The number of ether oxygens (including phenoxy) is 1. The molecule has 0 saturated carbocycles. The highest BCUT2D eigenvalue weighted by Gasteiger charge is 2.14. The van der Waals surface area contributed by atoms with Gasteiger partial charge in [0.2, 0.25) is 5.96 Å². The van der Waals surface area contributed by atoms with E-state index >= 15 is 0 Å². The molecular weight excluding hydrogens is 300 g/mol.